The minimum absolute atomic E-state index is 0.837. The molecule has 112 valence electrons. The number of aromatic amines is 1. The second kappa shape index (κ2) is 6.01. The Hall–Kier alpha value is -1.00. The van der Waals surface area contributed by atoms with Crippen molar-refractivity contribution in [3.05, 3.63) is 24.3 Å². The molecule has 0 spiro atoms. The minimum Gasteiger partial charge on any atom is -0.333 e. The maximum atomic E-state index is 4.69. The van der Waals surface area contributed by atoms with Crippen LogP contribution in [0, 0.1) is 5.92 Å². The van der Waals surface area contributed by atoms with Gasteiger partial charge in [0, 0.05) is 11.8 Å². The lowest BCUT2D eigenvalue weighted by molar-refractivity contribution is 0.0693. The number of imidazole rings is 1. The summed E-state index contributed by atoms with van der Waals surface area (Å²) in [5, 5.41) is 1.09. The normalized spacial score (nSPS) is 26.9. The van der Waals surface area contributed by atoms with E-state index in [4.69, 9.17) is 4.98 Å². The van der Waals surface area contributed by atoms with Crippen LogP contribution in [-0.4, -0.2) is 39.8 Å². The van der Waals surface area contributed by atoms with Crippen LogP contribution in [0.15, 0.2) is 29.4 Å². The van der Waals surface area contributed by atoms with E-state index in [-0.39, 0.29) is 0 Å². The minimum atomic E-state index is 0.837. The van der Waals surface area contributed by atoms with E-state index in [9.17, 15) is 0 Å². The largest absolute Gasteiger partial charge is 0.333 e. The van der Waals surface area contributed by atoms with Gasteiger partial charge in [0.1, 0.15) is 0 Å². The number of nitrogens with zero attached hydrogens (tertiary/aromatic N) is 2. The van der Waals surface area contributed by atoms with E-state index in [1.807, 2.05) is 11.8 Å². The maximum Gasteiger partial charge on any atom is 0.166 e. The third-order valence-electron chi connectivity index (χ3n) is 5.03. The number of hydrogen-bond donors (Lipinski definition) is 1. The standard InChI is InChI=1S/C17H23N3S/c1-2-8-15-14(7-1)18-17(19-15)21-12-13-6-5-11-20-10-4-3-9-16(13)20/h1-2,7-8,13,16H,3-6,9-12H2,(H,18,19)/t13-,16+/m1/s1. The van der Waals surface area contributed by atoms with Gasteiger partial charge < -0.3 is 9.88 Å². The molecular formula is C17H23N3S. The second-order valence-corrected chi connectivity index (χ2v) is 7.38. The lowest BCUT2D eigenvalue weighted by Gasteiger charge is -2.44. The molecular weight excluding hydrogens is 278 g/mol. The van der Waals surface area contributed by atoms with Crippen molar-refractivity contribution in [1.29, 1.82) is 0 Å². The predicted octanol–water partition coefficient (Wildman–Crippen LogP) is 3.92. The van der Waals surface area contributed by atoms with E-state index in [1.165, 1.54) is 50.9 Å². The summed E-state index contributed by atoms with van der Waals surface area (Å²) in [6, 6.07) is 9.15. The number of hydrogen-bond acceptors (Lipinski definition) is 3. The number of thioether (sulfide) groups is 1. The molecule has 2 saturated heterocycles. The Morgan fingerprint density at radius 3 is 3.00 bits per heavy atom. The first-order valence-electron chi connectivity index (χ1n) is 8.22. The van der Waals surface area contributed by atoms with Gasteiger partial charge in [-0.15, -0.1) is 0 Å². The van der Waals surface area contributed by atoms with Crippen LogP contribution in [0.5, 0.6) is 0 Å². The molecule has 2 aliphatic rings. The van der Waals surface area contributed by atoms with Crippen molar-refractivity contribution < 1.29 is 0 Å². The average molecular weight is 301 g/mol. The summed E-state index contributed by atoms with van der Waals surface area (Å²) in [6.07, 6.45) is 7.01. The number of piperidine rings is 2. The first-order valence-corrected chi connectivity index (χ1v) is 9.20. The Balaban J connectivity index is 1.43. The van der Waals surface area contributed by atoms with Gasteiger partial charge >= 0.3 is 0 Å². The molecule has 2 atom stereocenters. The van der Waals surface area contributed by atoms with Crippen LogP contribution in [0.1, 0.15) is 32.1 Å². The zero-order valence-electron chi connectivity index (χ0n) is 12.4. The molecule has 4 heteroatoms. The highest BCUT2D eigenvalue weighted by Gasteiger charge is 2.32. The van der Waals surface area contributed by atoms with Crippen molar-refractivity contribution in [1.82, 2.24) is 14.9 Å². The van der Waals surface area contributed by atoms with Crippen molar-refractivity contribution in [2.24, 2.45) is 5.92 Å². The highest BCUT2D eigenvalue weighted by Crippen LogP contribution is 2.34. The molecule has 0 saturated carbocycles. The fourth-order valence-corrected chi connectivity index (χ4v) is 5.06. The van der Waals surface area contributed by atoms with Crippen LogP contribution < -0.4 is 0 Å². The molecule has 1 aromatic heterocycles. The smallest absolute Gasteiger partial charge is 0.166 e. The van der Waals surface area contributed by atoms with Gasteiger partial charge in [0.2, 0.25) is 0 Å². The Labute approximate surface area is 130 Å². The van der Waals surface area contributed by atoms with Crippen molar-refractivity contribution in [3.63, 3.8) is 0 Å². The molecule has 0 aliphatic carbocycles. The summed E-state index contributed by atoms with van der Waals surface area (Å²) in [5.41, 5.74) is 2.24. The van der Waals surface area contributed by atoms with Crippen molar-refractivity contribution in [3.8, 4) is 0 Å². The fraction of sp³-hybridized carbons (Fsp3) is 0.588. The lowest BCUT2D eigenvalue weighted by atomic mass is 9.85. The first-order chi connectivity index (χ1) is 10.4. The molecule has 0 radical (unpaired) electrons. The van der Waals surface area contributed by atoms with Gasteiger partial charge in [-0.3, -0.25) is 0 Å². The molecule has 1 aromatic carbocycles. The maximum absolute atomic E-state index is 4.69. The SMILES string of the molecule is c1ccc2[nH]c(SC[C@H]3CCCN4CCCC[C@@H]34)nc2c1. The Morgan fingerprint density at radius 2 is 2.05 bits per heavy atom. The molecule has 0 bridgehead atoms. The summed E-state index contributed by atoms with van der Waals surface area (Å²) in [6.45, 7) is 2.66. The molecule has 3 nitrogen and oxygen atoms in total. The second-order valence-electron chi connectivity index (χ2n) is 6.37. The summed E-state index contributed by atoms with van der Waals surface area (Å²) < 4.78 is 0. The summed E-state index contributed by atoms with van der Waals surface area (Å²) in [7, 11) is 0. The molecule has 2 aromatic rings. The quantitative estimate of drug-likeness (QED) is 0.872. The van der Waals surface area contributed by atoms with E-state index >= 15 is 0 Å². The number of aromatic nitrogens is 2. The summed E-state index contributed by atoms with van der Waals surface area (Å²) >= 11 is 1.92. The van der Waals surface area contributed by atoms with Gasteiger partial charge in [-0.25, -0.2) is 4.98 Å². The number of fused-ring (bicyclic) bond motifs is 2. The Bertz CT molecular complexity index is 574. The average Bonchev–Trinajstić information content (AvgIpc) is 2.96. The van der Waals surface area contributed by atoms with Gasteiger partial charge in [0.15, 0.2) is 5.16 Å². The zero-order chi connectivity index (χ0) is 14.1. The monoisotopic (exact) mass is 301 g/mol. The van der Waals surface area contributed by atoms with Crippen LogP contribution in [-0.2, 0) is 0 Å². The molecule has 21 heavy (non-hydrogen) atoms. The highest BCUT2D eigenvalue weighted by molar-refractivity contribution is 7.99. The number of nitrogens with one attached hydrogen (secondary N) is 1. The number of para-hydroxylation sites is 2. The fourth-order valence-electron chi connectivity index (χ4n) is 3.96. The molecule has 2 fully saturated rings. The van der Waals surface area contributed by atoms with E-state index in [0.717, 1.165) is 28.1 Å². The van der Waals surface area contributed by atoms with Crippen LogP contribution in [0.3, 0.4) is 0 Å². The molecule has 1 N–H and O–H groups in total. The molecule has 0 amide bonds. The van der Waals surface area contributed by atoms with Gasteiger partial charge in [-0.2, -0.15) is 0 Å². The van der Waals surface area contributed by atoms with Gasteiger partial charge in [-0.1, -0.05) is 30.3 Å². The highest BCUT2D eigenvalue weighted by atomic mass is 32.2. The summed E-state index contributed by atoms with van der Waals surface area (Å²) in [5.74, 6) is 2.05. The van der Waals surface area contributed by atoms with Gasteiger partial charge in [0.05, 0.1) is 11.0 Å². The zero-order valence-corrected chi connectivity index (χ0v) is 13.2. The van der Waals surface area contributed by atoms with Crippen LogP contribution in [0.2, 0.25) is 0 Å². The Morgan fingerprint density at radius 1 is 1.14 bits per heavy atom. The molecule has 0 unspecified atom stereocenters. The van der Waals surface area contributed by atoms with Crippen molar-refractivity contribution in [2.75, 3.05) is 18.8 Å². The molecule has 2 aliphatic heterocycles. The molecule has 4 rings (SSSR count). The number of benzene rings is 1. The lowest BCUT2D eigenvalue weighted by Crippen LogP contribution is -2.48. The van der Waals surface area contributed by atoms with Crippen LogP contribution in [0.4, 0.5) is 0 Å². The number of H-pyrrole nitrogens is 1. The predicted molar refractivity (Wildman–Crippen MR) is 88.8 cm³/mol. The van der Waals surface area contributed by atoms with Gasteiger partial charge in [-0.05, 0) is 56.8 Å². The van der Waals surface area contributed by atoms with Crippen LogP contribution in [0.25, 0.3) is 11.0 Å². The summed E-state index contributed by atoms with van der Waals surface area (Å²) in [4.78, 5) is 10.9. The Kier molecular flexibility index (Phi) is 3.91. The van der Waals surface area contributed by atoms with Crippen molar-refractivity contribution in [2.45, 2.75) is 43.3 Å². The van der Waals surface area contributed by atoms with Crippen molar-refractivity contribution >= 4 is 22.8 Å². The van der Waals surface area contributed by atoms with E-state index < -0.39 is 0 Å². The molecule has 3 heterocycles. The number of rotatable bonds is 3. The third-order valence-corrected chi connectivity index (χ3v) is 6.09. The van der Waals surface area contributed by atoms with E-state index in [1.54, 1.807) is 0 Å². The first kappa shape index (κ1) is 13.6. The van der Waals surface area contributed by atoms with Gasteiger partial charge in [0.25, 0.3) is 0 Å². The van der Waals surface area contributed by atoms with Crippen LogP contribution >= 0.6 is 11.8 Å². The van der Waals surface area contributed by atoms with E-state index in [0.29, 0.717) is 0 Å². The third kappa shape index (κ3) is 2.84. The topological polar surface area (TPSA) is 31.9 Å². The van der Waals surface area contributed by atoms with E-state index in [2.05, 4.69) is 34.1 Å².